The minimum atomic E-state index is 0.0226. The molecule has 0 unspecified atom stereocenters. The van der Waals surface area contributed by atoms with E-state index in [-0.39, 0.29) is 11.9 Å². The lowest BCUT2D eigenvalue weighted by atomic mass is 9.79. The number of carbonyl (C=O) groups is 1. The molecule has 3 aliphatic heterocycles. The van der Waals surface area contributed by atoms with Crippen LogP contribution in [-0.4, -0.2) is 36.0 Å². The molecule has 0 spiro atoms. The molecule has 0 aliphatic carbocycles. The molecule has 3 aliphatic rings. The summed E-state index contributed by atoms with van der Waals surface area (Å²) in [5, 5.41) is 4.02. The number of fused-ring (bicyclic) bond motifs is 3. The standard InChI is InChI=1S/C20H24N2O2S/c1-13-3-5-16(6-4-13)24-18-8-7-17(25-18)20(23)21-19-14(2)22-11-9-15(19)10-12-22/h3-8,14-15,19H,9-12H2,1-2H3,(H,21,23)/t14-,19-/m0/s1. The van der Waals surface area contributed by atoms with E-state index in [0.717, 1.165) is 10.8 Å². The minimum Gasteiger partial charge on any atom is -0.447 e. The third-order valence-electron chi connectivity index (χ3n) is 5.52. The highest BCUT2D eigenvalue weighted by Crippen LogP contribution is 2.33. The maximum absolute atomic E-state index is 12.7. The first-order chi connectivity index (χ1) is 12.1. The number of nitrogens with one attached hydrogen (secondary N) is 1. The molecule has 0 saturated carbocycles. The molecule has 4 nitrogen and oxygen atoms in total. The van der Waals surface area contributed by atoms with Crippen LogP contribution in [0.5, 0.6) is 10.8 Å². The molecule has 1 N–H and O–H groups in total. The summed E-state index contributed by atoms with van der Waals surface area (Å²) in [5.41, 5.74) is 1.20. The molecule has 25 heavy (non-hydrogen) atoms. The summed E-state index contributed by atoms with van der Waals surface area (Å²) in [5.74, 6) is 1.44. The van der Waals surface area contributed by atoms with E-state index in [1.807, 2.05) is 43.3 Å². The second-order valence-electron chi connectivity index (χ2n) is 7.15. The lowest BCUT2D eigenvalue weighted by Gasteiger charge is -2.49. The van der Waals surface area contributed by atoms with Gasteiger partial charge in [0.25, 0.3) is 5.91 Å². The van der Waals surface area contributed by atoms with Crippen LogP contribution >= 0.6 is 11.3 Å². The van der Waals surface area contributed by atoms with Crippen LogP contribution in [0.3, 0.4) is 0 Å². The first-order valence-electron chi connectivity index (χ1n) is 8.99. The van der Waals surface area contributed by atoms with Crippen LogP contribution in [0.2, 0.25) is 0 Å². The van der Waals surface area contributed by atoms with Crippen molar-refractivity contribution in [2.45, 2.75) is 38.8 Å². The van der Waals surface area contributed by atoms with Gasteiger partial charge < -0.3 is 10.1 Å². The Hall–Kier alpha value is -1.85. The average Bonchev–Trinajstić information content (AvgIpc) is 3.09. The van der Waals surface area contributed by atoms with Crippen molar-refractivity contribution in [3.8, 4) is 10.8 Å². The van der Waals surface area contributed by atoms with Crippen LogP contribution in [-0.2, 0) is 0 Å². The molecule has 132 valence electrons. The van der Waals surface area contributed by atoms with Crippen molar-refractivity contribution < 1.29 is 9.53 Å². The highest BCUT2D eigenvalue weighted by molar-refractivity contribution is 7.15. The number of carbonyl (C=O) groups excluding carboxylic acids is 1. The van der Waals surface area contributed by atoms with Crippen molar-refractivity contribution in [2.24, 2.45) is 5.92 Å². The van der Waals surface area contributed by atoms with Crippen LogP contribution in [0.25, 0.3) is 0 Å². The van der Waals surface area contributed by atoms with Gasteiger partial charge in [-0.1, -0.05) is 29.0 Å². The molecule has 5 rings (SSSR count). The first-order valence-corrected chi connectivity index (χ1v) is 9.81. The number of hydrogen-bond acceptors (Lipinski definition) is 4. The van der Waals surface area contributed by atoms with Gasteiger partial charge in [-0.2, -0.15) is 0 Å². The normalized spacial score (nSPS) is 27.9. The molecule has 1 amide bonds. The molecule has 3 fully saturated rings. The molecule has 5 heteroatoms. The van der Waals surface area contributed by atoms with Crippen LogP contribution in [0.4, 0.5) is 0 Å². The van der Waals surface area contributed by atoms with Gasteiger partial charge in [-0.3, -0.25) is 9.69 Å². The summed E-state index contributed by atoms with van der Waals surface area (Å²) in [7, 11) is 0. The fourth-order valence-electron chi connectivity index (χ4n) is 3.99. The lowest BCUT2D eigenvalue weighted by Crippen LogP contribution is -2.62. The maximum atomic E-state index is 12.7. The quantitative estimate of drug-likeness (QED) is 0.898. The van der Waals surface area contributed by atoms with Crippen molar-refractivity contribution in [1.29, 1.82) is 0 Å². The third kappa shape index (κ3) is 3.44. The fraction of sp³-hybridized carbons (Fsp3) is 0.450. The van der Waals surface area contributed by atoms with E-state index in [1.165, 1.54) is 42.8 Å². The Labute approximate surface area is 152 Å². The van der Waals surface area contributed by atoms with Gasteiger partial charge in [0.2, 0.25) is 0 Å². The molecule has 1 aromatic carbocycles. The van der Waals surface area contributed by atoms with E-state index in [2.05, 4.69) is 17.1 Å². The summed E-state index contributed by atoms with van der Waals surface area (Å²) < 4.78 is 5.85. The Morgan fingerprint density at radius 1 is 1.16 bits per heavy atom. The Bertz CT molecular complexity index is 745. The molecule has 3 saturated heterocycles. The number of piperidine rings is 3. The topological polar surface area (TPSA) is 41.6 Å². The number of amides is 1. The predicted octanol–water partition coefficient (Wildman–Crippen LogP) is 4.06. The largest absolute Gasteiger partial charge is 0.447 e. The zero-order valence-electron chi connectivity index (χ0n) is 14.7. The van der Waals surface area contributed by atoms with Gasteiger partial charge in [0.15, 0.2) is 5.06 Å². The zero-order chi connectivity index (χ0) is 17.4. The highest BCUT2D eigenvalue weighted by Gasteiger charge is 2.40. The molecule has 0 radical (unpaired) electrons. The molecule has 2 bridgehead atoms. The lowest BCUT2D eigenvalue weighted by molar-refractivity contribution is 0.0218. The Morgan fingerprint density at radius 2 is 1.88 bits per heavy atom. The van der Waals surface area contributed by atoms with Gasteiger partial charge in [-0.05, 0) is 70.0 Å². The van der Waals surface area contributed by atoms with Crippen LogP contribution < -0.4 is 10.1 Å². The monoisotopic (exact) mass is 356 g/mol. The van der Waals surface area contributed by atoms with Gasteiger partial charge in [-0.25, -0.2) is 0 Å². The Morgan fingerprint density at radius 3 is 2.56 bits per heavy atom. The van der Waals surface area contributed by atoms with Crippen LogP contribution in [0.1, 0.15) is 35.0 Å². The average molecular weight is 356 g/mol. The number of rotatable bonds is 4. The summed E-state index contributed by atoms with van der Waals surface area (Å²) in [6.07, 6.45) is 2.39. The smallest absolute Gasteiger partial charge is 0.261 e. The van der Waals surface area contributed by atoms with Gasteiger partial charge in [0.05, 0.1) is 4.88 Å². The Kier molecular flexibility index (Phi) is 4.52. The molecule has 1 aromatic heterocycles. The van der Waals surface area contributed by atoms with E-state index in [9.17, 15) is 4.79 Å². The van der Waals surface area contributed by atoms with E-state index >= 15 is 0 Å². The van der Waals surface area contributed by atoms with Crippen molar-refractivity contribution in [1.82, 2.24) is 10.2 Å². The van der Waals surface area contributed by atoms with Crippen molar-refractivity contribution in [3.63, 3.8) is 0 Å². The Balaban J connectivity index is 1.41. The predicted molar refractivity (Wildman–Crippen MR) is 101 cm³/mol. The van der Waals surface area contributed by atoms with Crippen LogP contribution in [0.15, 0.2) is 36.4 Å². The maximum Gasteiger partial charge on any atom is 0.261 e. The summed E-state index contributed by atoms with van der Waals surface area (Å²) in [6.45, 7) is 6.63. The van der Waals surface area contributed by atoms with Crippen LogP contribution in [0, 0.1) is 12.8 Å². The molecular weight excluding hydrogens is 332 g/mol. The highest BCUT2D eigenvalue weighted by atomic mass is 32.1. The summed E-state index contributed by atoms with van der Waals surface area (Å²) >= 11 is 1.40. The minimum absolute atomic E-state index is 0.0226. The van der Waals surface area contributed by atoms with Gasteiger partial charge >= 0.3 is 0 Å². The van der Waals surface area contributed by atoms with E-state index in [0.29, 0.717) is 16.8 Å². The van der Waals surface area contributed by atoms with Crippen molar-refractivity contribution >= 4 is 17.2 Å². The first kappa shape index (κ1) is 16.6. The number of thiophene rings is 1. The second kappa shape index (κ2) is 6.81. The molecular formula is C20H24N2O2S. The zero-order valence-corrected chi connectivity index (χ0v) is 15.5. The van der Waals surface area contributed by atoms with Crippen molar-refractivity contribution in [2.75, 3.05) is 13.1 Å². The van der Waals surface area contributed by atoms with Crippen molar-refractivity contribution in [3.05, 3.63) is 46.8 Å². The van der Waals surface area contributed by atoms with Gasteiger partial charge in [0, 0.05) is 12.1 Å². The second-order valence-corrected chi connectivity index (χ2v) is 8.19. The molecule has 4 heterocycles. The number of nitrogens with zero attached hydrogens (tertiary/aromatic N) is 1. The summed E-state index contributed by atoms with van der Waals surface area (Å²) in [6, 6.07) is 12.4. The molecule has 2 aromatic rings. The number of ether oxygens (including phenoxy) is 1. The third-order valence-corrected chi connectivity index (χ3v) is 6.48. The fourth-order valence-corrected chi connectivity index (χ4v) is 4.77. The SMILES string of the molecule is Cc1ccc(Oc2ccc(C(=O)N[C@@H]3C4CCN(CC4)[C@H]3C)s2)cc1. The van der Waals surface area contributed by atoms with E-state index in [4.69, 9.17) is 4.74 Å². The van der Waals surface area contributed by atoms with E-state index in [1.54, 1.807) is 0 Å². The van der Waals surface area contributed by atoms with E-state index < -0.39 is 0 Å². The molecule has 2 atom stereocenters. The summed E-state index contributed by atoms with van der Waals surface area (Å²) in [4.78, 5) is 15.9. The number of hydrogen-bond donors (Lipinski definition) is 1. The number of aryl methyl sites for hydroxylation is 1. The van der Waals surface area contributed by atoms with Gasteiger partial charge in [0.1, 0.15) is 5.75 Å². The number of benzene rings is 1. The van der Waals surface area contributed by atoms with Gasteiger partial charge in [-0.15, -0.1) is 0 Å².